The lowest BCUT2D eigenvalue weighted by Gasteiger charge is -2.20. The van der Waals surface area contributed by atoms with Gasteiger partial charge in [0.2, 0.25) is 0 Å². The lowest BCUT2D eigenvalue weighted by Crippen LogP contribution is -2.24. The molecule has 0 aliphatic carbocycles. The maximum Gasteiger partial charge on any atom is 0.433 e. The van der Waals surface area contributed by atoms with E-state index in [1.165, 1.54) is 6.92 Å². The van der Waals surface area contributed by atoms with Gasteiger partial charge in [-0.25, -0.2) is 4.79 Å². The smallest absolute Gasteiger partial charge is 0.433 e. The van der Waals surface area contributed by atoms with Crippen LogP contribution < -0.4 is 0 Å². The van der Waals surface area contributed by atoms with Crippen LogP contribution in [0.3, 0.4) is 0 Å². The van der Waals surface area contributed by atoms with Gasteiger partial charge in [0.15, 0.2) is 5.69 Å². The van der Waals surface area contributed by atoms with Crippen molar-refractivity contribution in [3.05, 3.63) is 17.5 Å². The minimum absolute atomic E-state index is 0.0145. The average molecular weight is 278 g/mol. The number of hydrogen-bond donors (Lipinski definition) is 0. The van der Waals surface area contributed by atoms with Gasteiger partial charge in [0.1, 0.15) is 5.56 Å². The molecule has 19 heavy (non-hydrogen) atoms. The molecule has 0 fully saturated rings. The molecule has 0 N–H and O–H groups in total. The van der Waals surface area contributed by atoms with Gasteiger partial charge in [0.05, 0.1) is 12.8 Å². The molecule has 1 aromatic rings. The minimum atomic E-state index is -4.65. The second-order valence-corrected chi connectivity index (χ2v) is 5.34. The van der Waals surface area contributed by atoms with Gasteiger partial charge in [0, 0.05) is 6.54 Å². The molecule has 1 aromatic heterocycles. The number of ether oxygens (including phenoxy) is 1. The fourth-order valence-electron chi connectivity index (χ4n) is 1.61. The molecule has 0 saturated heterocycles. The second-order valence-electron chi connectivity index (χ2n) is 5.34. The molecule has 0 atom stereocenters. The van der Waals surface area contributed by atoms with Crippen molar-refractivity contribution >= 4 is 5.97 Å². The summed E-state index contributed by atoms with van der Waals surface area (Å²) in [5, 5.41) is 3.67. The Labute approximate surface area is 109 Å². The van der Waals surface area contributed by atoms with E-state index in [9.17, 15) is 18.0 Å². The van der Waals surface area contributed by atoms with Crippen LogP contribution in [0.4, 0.5) is 13.2 Å². The van der Waals surface area contributed by atoms with Crippen LogP contribution in [0.5, 0.6) is 0 Å². The summed E-state index contributed by atoms with van der Waals surface area (Å²) < 4.78 is 44.6. The summed E-state index contributed by atoms with van der Waals surface area (Å²) in [6.45, 7) is 6.98. The SMILES string of the molecule is CCOC(=O)c1cnn(CC(C)(C)C)c1C(F)(F)F. The first-order chi connectivity index (χ1) is 8.56. The third-order valence-corrected chi connectivity index (χ3v) is 2.23. The summed E-state index contributed by atoms with van der Waals surface area (Å²) in [6.07, 6.45) is -3.74. The molecular weight excluding hydrogens is 261 g/mol. The lowest BCUT2D eigenvalue weighted by atomic mass is 9.97. The topological polar surface area (TPSA) is 44.1 Å². The van der Waals surface area contributed by atoms with E-state index in [2.05, 4.69) is 9.84 Å². The molecule has 0 amide bonds. The van der Waals surface area contributed by atoms with E-state index in [0.29, 0.717) is 0 Å². The third kappa shape index (κ3) is 3.97. The Hall–Kier alpha value is -1.53. The molecule has 0 aliphatic heterocycles. The van der Waals surface area contributed by atoms with Crippen molar-refractivity contribution in [2.45, 2.75) is 40.4 Å². The highest BCUT2D eigenvalue weighted by atomic mass is 19.4. The van der Waals surface area contributed by atoms with Gasteiger partial charge < -0.3 is 4.74 Å². The highest BCUT2D eigenvalue weighted by molar-refractivity contribution is 5.90. The monoisotopic (exact) mass is 278 g/mol. The molecule has 0 aliphatic rings. The zero-order valence-electron chi connectivity index (χ0n) is 11.3. The number of aromatic nitrogens is 2. The first kappa shape index (κ1) is 15.5. The number of esters is 1. The Morgan fingerprint density at radius 2 is 1.95 bits per heavy atom. The number of carbonyl (C=O) groups is 1. The molecule has 0 aromatic carbocycles. The zero-order valence-corrected chi connectivity index (χ0v) is 11.3. The second kappa shape index (κ2) is 5.22. The summed E-state index contributed by atoms with van der Waals surface area (Å²) >= 11 is 0. The van der Waals surface area contributed by atoms with Crippen LogP contribution in [-0.4, -0.2) is 22.4 Å². The van der Waals surface area contributed by atoms with E-state index in [1.807, 2.05) is 0 Å². The van der Waals surface area contributed by atoms with Crippen LogP contribution >= 0.6 is 0 Å². The van der Waals surface area contributed by atoms with Gasteiger partial charge in [-0.05, 0) is 12.3 Å². The highest BCUT2D eigenvalue weighted by Crippen LogP contribution is 2.33. The molecular formula is C12H17F3N2O2. The molecule has 1 rings (SSSR count). The summed E-state index contributed by atoms with van der Waals surface area (Å²) in [6, 6.07) is 0. The normalized spacial score (nSPS) is 12.6. The Balaban J connectivity index is 3.24. The average Bonchev–Trinajstić information content (AvgIpc) is 2.58. The third-order valence-electron chi connectivity index (χ3n) is 2.23. The van der Waals surface area contributed by atoms with Crippen molar-refractivity contribution in [1.29, 1.82) is 0 Å². The zero-order chi connectivity index (χ0) is 14.8. The molecule has 0 unspecified atom stereocenters. The van der Waals surface area contributed by atoms with Gasteiger partial charge in [-0.1, -0.05) is 20.8 Å². The van der Waals surface area contributed by atoms with Crippen LogP contribution in [0.25, 0.3) is 0 Å². The van der Waals surface area contributed by atoms with Crippen LogP contribution in [0.15, 0.2) is 6.20 Å². The number of hydrogen-bond acceptors (Lipinski definition) is 3. The van der Waals surface area contributed by atoms with E-state index >= 15 is 0 Å². The number of alkyl halides is 3. The van der Waals surface area contributed by atoms with E-state index in [0.717, 1.165) is 10.9 Å². The maximum absolute atomic E-state index is 13.0. The summed E-state index contributed by atoms with van der Waals surface area (Å²) in [4.78, 5) is 11.5. The van der Waals surface area contributed by atoms with E-state index in [4.69, 9.17) is 0 Å². The molecule has 0 bridgehead atoms. The minimum Gasteiger partial charge on any atom is -0.462 e. The maximum atomic E-state index is 13.0. The standard InChI is InChI=1S/C12H17F3N2O2/c1-5-19-10(18)8-6-16-17(7-11(2,3)4)9(8)12(13,14)15/h6H,5,7H2,1-4H3. The fourth-order valence-corrected chi connectivity index (χ4v) is 1.61. The predicted molar refractivity (Wildman–Crippen MR) is 62.6 cm³/mol. The summed E-state index contributed by atoms with van der Waals surface area (Å²) in [5.41, 5.74) is -1.99. The molecule has 4 nitrogen and oxygen atoms in total. The van der Waals surface area contributed by atoms with Crippen LogP contribution in [0, 0.1) is 5.41 Å². The lowest BCUT2D eigenvalue weighted by molar-refractivity contribution is -0.145. The van der Waals surface area contributed by atoms with Crippen molar-refractivity contribution in [2.75, 3.05) is 6.61 Å². The van der Waals surface area contributed by atoms with Gasteiger partial charge in [0.25, 0.3) is 0 Å². The Bertz CT molecular complexity index is 459. The fraction of sp³-hybridized carbons (Fsp3) is 0.667. The van der Waals surface area contributed by atoms with Gasteiger partial charge >= 0.3 is 12.1 Å². The van der Waals surface area contributed by atoms with E-state index in [1.54, 1.807) is 20.8 Å². The van der Waals surface area contributed by atoms with Crippen molar-refractivity contribution in [3.8, 4) is 0 Å². The quantitative estimate of drug-likeness (QED) is 0.798. The van der Waals surface area contributed by atoms with E-state index in [-0.39, 0.29) is 13.2 Å². The van der Waals surface area contributed by atoms with Gasteiger partial charge in [-0.15, -0.1) is 0 Å². The first-order valence-corrected chi connectivity index (χ1v) is 5.86. The Kier molecular flexibility index (Phi) is 4.27. The molecule has 1 heterocycles. The molecule has 7 heteroatoms. The first-order valence-electron chi connectivity index (χ1n) is 5.86. The van der Waals surface area contributed by atoms with Crippen LogP contribution in [-0.2, 0) is 17.5 Å². The van der Waals surface area contributed by atoms with Crippen molar-refractivity contribution in [3.63, 3.8) is 0 Å². The number of halogens is 3. The molecule has 0 saturated carbocycles. The number of rotatable bonds is 3. The Morgan fingerprint density at radius 3 is 2.37 bits per heavy atom. The highest BCUT2D eigenvalue weighted by Gasteiger charge is 2.41. The molecule has 108 valence electrons. The van der Waals surface area contributed by atoms with Crippen molar-refractivity contribution in [1.82, 2.24) is 9.78 Å². The largest absolute Gasteiger partial charge is 0.462 e. The number of nitrogens with zero attached hydrogens (tertiary/aromatic N) is 2. The summed E-state index contributed by atoms with van der Waals surface area (Å²) in [5.74, 6) is -1.00. The van der Waals surface area contributed by atoms with E-state index < -0.39 is 28.8 Å². The molecule has 0 spiro atoms. The van der Waals surface area contributed by atoms with Crippen LogP contribution in [0.2, 0.25) is 0 Å². The van der Waals surface area contributed by atoms with Gasteiger partial charge in [-0.3, -0.25) is 4.68 Å². The predicted octanol–water partition coefficient (Wildman–Crippen LogP) is 3.12. The number of carbonyl (C=O) groups excluding carboxylic acids is 1. The van der Waals surface area contributed by atoms with Gasteiger partial charge in [-0.2, -0.15) is 18.3 Å². The molecule has 0 radical (unpaired) electrons. The Morgan fingerprint density at radius 1 is 1.37 bits per heavy atom. The summed E-state index contributed by atoms with van der Waals surface area (Å²) in [7, 11) is 0. The van der Waals surface area contributed by atoms with Crippen molar-refractivity contribution in [2.24, 2.45) is 5.41 Å². The van der Waals surface area contributed by atoms with Crippen LogP contribution in [0.1, 0.15) is 43.7 Å². The van der Waals surface area contributed by atoms with Crippen molar-refractivity contribution < 1.29 is 22.7 Å².